The van der Waals surface area contributed by atoms with Crippen LogP contribution in [0.5, 0.6) is 0 Å². The number of hydrogen-bond donors (Lipinski definition) is 5. The third-order valence-corrected chi connectivity index (χ3v) is 3.30. The largest absolute Gasteiger partial charge is 0.394 e. The van der Waals surface area contributed by atoms with E-state index in [0.717, 1.165) is 4.57 Å². The number of aromatic amines is 1. The topological polar surface area (TPSA) is 160 Å². The van der Waals surface area contributed by atoms with Gasteiger partial charge < -0.3 is 30.8 Å². The molecule has 1 unspecified atom stereocenters. The molecule has 10 nitrogen and oxygen atoms in total. The van der Waals surface area contributed by atoms with E-state index in [1.165, 1.54) is 6.33 Å². The Bertz CT molecular complexity index is 697. The Kier molecular flexibility index (Phi) is 2.94. The van der Waals surface area contributed by atoms with Crippen LogP contribution in [0.3, 0.4) is 0 Å². The van der Waals surface area contributed by atoms with Crippen LogP contribution in [-0.4, -0.2) is 59.8 Å². The van der Waals surface area contributed by atoms with Gasteiger partial charge in [-0.25, -0.2) is 14.3 Å². The van der Waals surface area contributed by atoms with Crippen molar-refractivity contribution in [3.8, 4) is 0 Å². The average molecular weight is 283 g/mol. The fraction of sp³-hybridized carbons (Fsp3) is 0.500. The molecule has 2 aromatic heterocycles. The first kappa shape index (κ1) is 13.0. The smallest absolute Gasteiger partial charge is 0.353 e. The van der Waals surface area contributed by atoms with Crippen molar-refractivity contribution in [2.45, 2.75) is 24.5 Å². The van der Waals surface area contributed by atoms with E-state index in [0.29, 0.717) is 5.52 Å². The van der Waals surface area contributed by atoms with Crippen molar-refractivity contribution in [1.82, 2.24) is 19.5 Å². The number of imidazole rings is 1. The number of aromatic nitrogens is 4. The lowest BCUT2D eigenvalue weighted by Crippen LogP contribution is -2.36. The highest BCUT2D eigenvalue weighted by molar-refractivity contribution is 5.81. The van der Waals surface area contributed by atoms with Crippen LogP contribution in [0.15, 0.2) is 11.1 Å². The Hall–Kier alpha value is -2.01. The molecule has 10 heteroatoms. The van der Waals surface area contributed by atoms with Crippen LogP contribution in [-0.2, 0) is 4.74 Å². The SMILES string of the molecule is Nc1nc(=O)n([C@@H]2OC(CO)[C@@H](O)[C@H]2O)c2nc[nH]c12. The number of nitrogens with two attached hydrogens (primary N) is 1. The molecular formula is C10H13N5O5. The number of nitrogens with one attached hydrogen (secondary N) is 1. The first-order valence-electron chi connectivity index (χ1n) is 5.88. The monoisotopic (exact) mass is 283 g/mol. The second kappa shape index (κ2) is 4.52. The number of hydrogen-bond acceptors (Lipinski definition) is 8. The normalized spacial score (nSPS) is 30.1. The van der Waals surface area contributed by atoms with Crippen LogP contribution in [0, 0.1) is 0 Å². The summed E-state index contributed by atoms with van der Waals surface area (Å²) in [6, 6.07) is 0. The minimum absolute atomic E-state index is 0.0227. The molecule has 0 aliphatic carbocycles. The molecule has 108 valence electrons. The maximum atomic E-state index is 12.0. The predicted molar refractivity (Wildman–Crippen MR) is 65.6 cm³/mol. The molecule has 0 radical (unpaired) electrons. The van der Waals surface area contributed by atoms with Crippen molar-refractivity contribution in [3.05, 3.63) is 16.8 Å². The van der Waals surface area contributed by atoms with Gasteiger partial charge in [0.1, 0.15) is 23.8 Å². The fourth-order valence-electron chi connectivity index (χ4n) is 2.28. The summed E-state index contributed by atoms with van der Waals surface area (Å²) in [6.07, 6.45) is -3.58. The van der Waals surface area contributed by atoms with Gasteiger partial charge in [-0.05, 0) is 0 Å². The molecule has 2 aromatic rings. The summed E-state index contributed by atoms with van der Waals surface area (Å²) in [5.74, 6) is -0.0227. The highest BCUT2D eigenvalue weighted by Gasteiger charge is 2.44. The quantitative estimate of drug-likeness (QED) is 0.398. The summed E-state index contributed by atoms with van der Waals surface area (Å²) < 4.78 is 6.29. The van der Waals surface area contributed by atoms with E-state index in [9.17, 15) is 15.0 Å². The Labute approximate surface area is 111 Å². The molecule has 4 atom stereocenters. The van der Waals surface area contributed by atoms with E-state index in [-0.39, 0.29) is 11.5 Å². The summed E-state index contributed by atoms with van der Waals surface area (Å²) in [5, 5.41) is 28.8. The number of H-pyrrole nitrogens is 1. The third-order valence-electron chi connectivity index (χ3n) is 3.30. The Morgan fingerprint density at radius 3 is 2.85 bits per heavy atom. The van der Waals surface area contributed by atoms with Crippen molar-refractivity contribution in [2.24, 2.45) is 0 Å². The molecule has 1 aliphatic rings. The van der Waals surface area contributed by atoms with E-state index in [4.69, 9.17) is 15.6 Å². The Morgan fingerprint density at radius 2 is 2.20 bits per heavy atom. The minimum Gasteiger partial charge on any atom is -0.394 e. The molecule has 0 bridgehead atoms. The highest BCUT2D eigenvalue weighted by atomic mass is 16.6. The lowest BCUT2D eigenvalue weighted by atomic mass is 10.1. The van der Waals surface area contributed by atoms with E-state index in [1.807, 2.05) is 0 Å². The number of nitrogens with zero attached hydrogens (tertiary/aromatic N) is 3. The van der Waals surface area contributed by atoms with Gasteiger partial charge in [0.2, 0.25) is 0 Å². The lowest BCUT2D eigenvalue weighted by Gasteiger charge is -2.17. The highest BCUT2D eigenvalue weighted by Crippen LogP contribution is 2.30. The molecule has 3 heterocycles. The zero-order valence-electron chi connectivity index (χ0n) is 10.2. The second-order valence-corrected chi connectivity index (χ2v) is 4.48. The van der Waals surface area contributed by atoms with Crippen LogP contribution >= 0.6 is 0 Å². The molecule has 1 fully saturated rings. The molecular weight excluding hydrogens is 270 g/mol. The molecule has 20 heavy (non-hydrogen) atoms. The molecule has 0 aromatic carbocycles. The number of aliphatic hydroxyl groups excluding tert-OH is 3. The maximum Gasteiger partial charge on any atom is 0.353 e. The van der Waals surface area contributed by atoms with Gasteiger partial charge in [0.15, 0.2) is 17.7 Å². The van der Waals surface area contributed by atoms with Gasteiger partial charge >= 0.3 is 5.69 Å². The van der Waals surface area contributed by atoms with Gasteiger partial charge in [0, 0.05) is 0 Å². The molecule has 0 amide bonds. The lowest BCUT2D eigenvalue weighted by molar-refractivity contribution is -0.0529. The molecule has 0 saturated carbocycles. The maximum absolute atomic E-state index is 12.0. The molecule has 6 N–H and O–H groups in total. The van der Waals surface area contributed by atoms with E-state index in [1.54, 1.807) is 0 Å². The number of anilines is 1. The molecule has 1 aliphatic heterocycles. The van der Waals surface area contributed by atoms with Crippen molar-refractivity contribution in [3.63, 3.8) is 0 Å². The van der Waals surface area contributed by atoms with Gasteiger partial charge in [0.25, 0.3) is 0 Å². The van der Waals surface area contributed by atoms with Crippen LogP contribution in [0.1, 0.15) is 6.23 Å². The van der Waals surface area contributed by atoms with Crippen molar-refractivity contribution >= 4 is 17.0 Å². The first-order chi connectivity index (χ1) is 9.54. The van der Waals surface area contributed by atoms with Crippen LogP contribution < -0.4 is 11.4 Å². The standard InChI is InChI=1S/C10H13N5O5/c11-7-4-8(13-2-12-4)15(10(19)14-7)9-6(18)5(17)3(1-16)20-9/h2-3,5-6,9,16-18H,1H2,(H,12,13)(H2,11,14,19)/t3?,5-,6-,9-/m1/s1. The fourth-order valence-corrected chi connectivity index (χ4v) is 2.28. The second-order valence-electron chi connectivity index (χ2n) is 4.48. The number of fused-ring (bicyclic) bond motifs is 1. The number of aliphatic hydroxyl groups is 3. The zero-order chi connectivity index (χ0) is 14.4. The first-order valence-corrected chi connectivity index (χ1v) is 5.88. The van der Waals surface area contributed by atoms with Crippen LogP contribution in [0.2, 0.25) is 0 Å². The van der Waals surface area contributed by atoms with Gasteiger partial charge in [-0.1, -0.05) is 0 Å². The van der Waals surface area contributed by atoms with Crippen LogP contribution in [0.4, 0.5) is 5.82 Å². The third kappa shape index (κ3) is 1.70. The van der Waals surface area contributed by atoms with Gasteiger partial charge in [0.05, 0.1) is 12.9 Å². The summed E-state index contributed by atoms with van der Waals surface area (Å²) in [7, 11) is 0. The van der Waals surface area contributed by atoms with Crippen molar-refractivity contribution in [1.29, 1.82) is 0 Å². The molecule has 1 saturated heterocycles. The van der Waals surface area contributed by atoms with Crippen LogP contribution in [0.25, 0.3) is 11.2 Å². The Balaban J connectivity index is 2.16. The van der Waals surface area contributed by atoms with Crippen molar-refractivity contribution < 1.29 is 20.1 Å². The molecule has 3 rings (SSSR count). The molecule has 0 spiro atoms. The Morgan fingerprint density at radius 1 is 1.45 bits per heavy atom. The summed E-state index contributed by atoms with van der Waals surface area (Å²) in [4.78, 5) is 22.2. The summed E-state index contributed by atoms with van der Waals surface area (Å²) in [5.41, 5.74) is 5.30. The summed E-state index contributed by atoms with van der Waals surface area (Å²) >= 11 is 0. The van der Waals surface area contributed by atoms with Gasteiger partial charge in [-0.2, -0.15) is 4.98 Å². The van der Waals surface area contributed by atoms with E-state index in [2.05, 4.69) is 15.0 Å². The van der Waals surface area contributed by atoms with E-state index < -0.39 is 36.8 Å². The average Bonchev–Trinajstić information content (AvgIpc) is 2.99. The van der Waals surface area contributed by atoms with Gasteiger partial charge in [-0.3, -0.25) is 0 Å². The zero-order valence-corrected chi connectivity index (χ0v) is 10.2. The van der Waals surface area contributed by atoms with Crippen molar-refractivity contribution in [2.75, 3.05) is 12.3 Å². The minimum atomic E-state index is -1.39. The number of nitrogen functional groups attached to an aromatic ring is 1. The predicted octanol–water partition coefficient (Wildman–Crippen LogP) is -2.69. The number of ether oxygens (including phenoxy) is 1. The van der Waals surface area contributed by atoms with E-state index >= 15 is 0 Å². The van der Waals surface area contributed by atoms with Gasteiger partial charge in [-0.15, -0.1) is 0 Å². The number of rotatable bonds is 2. The summed E-state index contributed by atoms with van der Waals surface area (Å²) in [6.45, 7) is -0.490.